The molecule has 0 saturated carbocycles. The molecule has 0 aromatic heterocycles. The maximum atomic E-state index is 11.6. The monoisotopic (exact) mass is 237 g/mol. The summed E-state index contributed by atoms with van der Waals surface area (Å²) < 4.78 is 0. The topological polar surface area (TPSA) is 35.6 Å². The van der Waals surface area contributed by atoms with Gasteiger partial charge < -0.3 is 10.2 Å². The number of hydrogen-bond donors (Lipinski definition) is 1. The van der Waals surface area contributed by atoms with Crippen LogP contribution in [-0.2, 0) is 4.79 Å². The number of piperazine rings is 1. The fourth-order valence-corrected chi connectivity index (χ4v) is 3.52. The van der Waals surface area contributed by atoms with Crippen LogP contribution < -0.4 is 5.32 Å². The summed E-state index contributed by atoms with van der Waals surface area (Å²) in [5.41, 5.74) is 0. The third-order valence-electron chi connectivity index (χ3n) is 4.55. The van der Waals surface area contributed by atoms with Crippen molar-refractivity contribution >= 4 is 5.91 Å². The molecule has 3 fully saturated rings. The summed E-state index contributed by atoms with van der Waals surface area (Å²) in [6.45, 7) is 6.80. The van der Waals surface area contributed by atoms with Crippen LogP contribution in [0, 0.1) is 5.92 Å². The predicted molar refractivity (Wildman–Crippen MR) is 66.8 cm³/mol. The fourth-order valence-electron chi connectivity index (χ4n) is 3.52. The molecule has 3 heterocycles. The van der Waals surface area contributed by atoms with Gasteiger partial charge in [-0.1, -0.05) is 0 Å². The van der Waals surface area contributed by atoms with E-state index in [-0.39, 0.29) is 0 Å². The van der Waals surface area contributed by atoms with Gasteiger partial charge in [0.25, 0.3) is 0 Å². The summed E-state index contributed by atoms with van der Waals surface area (Å²) in [6.07, 6.45) is 4.51. The first-order valence-electron chi connectivity index (χ1n) is 7.05. The molecule has 0 bridgehead atoms. The van der Waals surface area contributed by atoms with Crippen molar-refractivity contribution in [1.29, 1.82) is 0 Å². The molecule has 4 heteroatoms. The van der Waals surface area contributed by atoms with Gasteiger partial charge in [-0.25, -0.2) is 0 Å². The Labute approximate surface area is 103 Å². The summed E-state index contributed by atoms with van der Waals surface area (Å²) in [5.74, 6) is 1.26. The van der Waals surface area contributed by atoms with E-state index < -0.39 is 0 Å². The van der Waals surface area contributed by atoms with E-state index in [1.165, 1.54) is 32.5 Å². The highest BCUT2D eigenvalue weighted by Crippen LogP contribution is 2.24. The zero-order chi connectivity index (χ0) is 11.7. The molecule has 1 N–H and O–H groups in total. The molecular formula is C13H23N3O. The van der Waals surface area contributed by atoms with Crippen LogP contribution in [0.1, 0.15) is 25.7 Å². The minimum absolute atomic E-state index is 0.386. The molecule has 3 aliphatic rings. The average molecular weight is 237 g/mol. The number of nitrogens with one attached hydrogen (secondary N) is 1. The minimum atomic E-state index is 0.386. The molecule has 3 aliphatic heterocycles. The molecule has 17 heavy (non-hydrogen) atoms. The van der Waals surface area contributed by atoms with Crippen molar-refractivity contribution in [3.63, 3.8) is 0 Å². The van der Waals surface area contributed by atoms with E-state index in [2.05, 4.69) is 15.1 Å². The van der Waals surface area contributed by atoms with E-state index in [1.54, 1.807) is 0 Å². The lowest BCUT2D eigenvalue weighted by Gasteiger charge is -2.39. The Balaban J connectivity index is 1.51. The van der Waals surface area contributed by atoms with Crippen molar-refractivity contribution in [3.8, 4) is 0 Å². The maximum absolute atomic E-state index is 11.6. The Morgan fingerprint density at radius 2 is 2.00 bits per heavy atom. The van der Waals surface area contributed by atoms with Gasteiger partial charge in [0, 0.05) is 38.6 Å². The van der Waals surface area contributed by atoms with Crippen LogP contribution in [0.15, 0.2) is 0 Å². The quantitative estimate of drug-likeness (QED) is 0.750. The third-order valence-corrected chi connectivity index (χ3v) is 4.55. The third kappa shape index (κ3) is 2.47. The Morgan fingerprint density at radius 1 is 1.18 bits per heavy atom. The van der Waals surface area contributed by atoms with Crippen molar-refractivity contribution < 1.29 is 4.79 Å². The minimum Gasteiger partial charge on any atom is -0.337 e. The van der Waals surface area contributed by atoms with Crippen LogP contribution in [0.4, 0.5) is 0 Å². The van der Waals surface area contributed by atoms with Crippen LogP contribution >= 0.6 is 0 Å². The summed E-state index contributed by atoms with van der Waals surface area (Å²) >= 11 is 0. The van der Waals surface area contributed by atoms with Gasteiger partial charge in [0.1, 0.15) is 0 Å². The van der Waals surface area contributed by atoms with Crippen molar-refractivity contribution in [2.24, 2.45) is 5.92 Å². The SMILES string of the molecule is O=C1CCC2CN(CC3CCNCC3)CCN12. The highest BCUT2D eigenvalue weighted by atomic mass is 16.2. The molecule has 4 nitrogen and oxygen atoms in total. The largest absolute Gasteiger partial charge is 0.337 e. The van der Waals surface area contributed by atoms with Crippen LogP contribution in [0.2, 0.25) is 0 Å². The highest BCUT2D eigenvalue weighted by molar-refractivity contribution is 5.78. The molecule has 3 rings (SSSR count). The van der Waals surface area contributed by atoms with E-state index in [0.717, 1.165) is 38.4 Å². The predicted octanol–water partition coefficient (Wildman–Crippen LogP) is 0.293. The first-order valence-corrected chi connectivity index (χ1v) is 7.05. The lowest BCUT2D eigenvalue weighted by atomic mass is 9.97. The molecule has 1 atom stereocenters. The second-order valence-corrected chi connectivity index (χ2v) is 5.73. The van der Waals surface area contributed by atoms with E-state index in [4.69, 9.17) is 0 Å². The molecule has 0 radical (unpaired) electrons. The van der Waals surface area contributed by atoms with Crippen molar-refractivity contribution in [2.45, 2.75) is 31.7 Å². The van der Waals surface area contributed by atoms with Gasteiger partial charge >= 0.3 is 0 Å². The molecule has 0 aromatic rings. The second-order valence-electron chi connectivity index (χ2n) is 5.73. The Bertz CT molecular complexity index is 288. The van der Waals surface area contributed by atoms with Crippen LogP contribution in [0.3, 0.4) is 0 Å². The molecule has 3 saturated heterocycles. The van der Waals surface area contributed by atoms with E-state index in [9.17, 15) is 4.79 Å². The van der Waals surface area contributed by atoms with Gasteiger partial charge in [-0.2, -0.15) is 0 Å². The number of fused-ring (bicyclic) bond motifs is 1. The normalized spacial score (nSPS) is 31.9. The number of hydrogen-bond acceptors (Lipinski definition) is 3. The van der Waals surface area contributed by atoms with E-state index in [1.807, 2.05) is 0 Å². The highest BCUT2D eigenvalue weighted by Gasteiger charge is 2.35. The zero-order valence-electron chi connectivity index (χ0n) is 10.5. The first kappa shape index (κ1) is 11.5. The second kappa shape index (κ2) is 4.94. The molecule has 1 unspecified atom stereocenters. The summed E-state index contributed by atoms with van der Waals surface area (Å²) in [5, 5.41) is 3.42. The average Bonchev–Trinajstić information content (AvgIpc) is 2.72. The molecule has 0 aliphatic carbocycles. The van der Waals surface area contributed by atoms with Crippen molar-refractivity contribution in [1.82, 2.24) is 15.1 Å². The first-order chi connectivity index (χ1) is 8.33. The number of piperidine rings is 1. The number of amides is 1. The van der Waals surface area contributed by atoms with E-state index >= 15 is 0 Å². The van der Waals surface area contributed by atoms with Crippen molar-refractivity contribution in [3.05, 3.63) is 0 Å². The number of carbonyl (C=O) groups is 1. The van der Waals surface area contributed by atoms with Crippen LogP contribution in [-0.4, -0.2) is 61.0 Å². The van der Waals surface area contributed by atoms with Crippen LogP contribution in [0.25, 0.3) is 0 Å². The number of rotatable bonds is 2. The van der Waals surface area contributed by atoms with Gasteiger partial charge in [-0.3, -0.25) is 9.69 Å². The molecule has 0 aromatic carbocycles. The van der Waals surface area contributed by atoms with Crippen molar-refractivity contribution in [2.75, 3.05) is 39.3 Å². The fraction of sp³-hybridized carbons (Fsp3) is 0.923. The Hall–Kier alpha value is -0.610. The van der Waals surface area contributed by atoms with E-state index in [0.29, 0.717) is 11.9 Å². The standard InChI is InChI=1S/C13H23N3O/c17-13-2-1-12-10-15(7-8-16(12)13)9-11-3-5-14-6-4-11/h11-12,14H,1-10H2. The molecule has 0 spiro atoms. The lowest BCUT2D eigenvalue weighted by Crippen LogP contribution is -2.52. The van der Waals surface area contributed by atoms with Gasteiger partial charge in [-0.05, 0) is 38.3 Å². The Morgan fingerprint density at radius 3 is 2.82 bits per heavy atom. The number of nitrogens with zero attached hydrogens (tertiary/aromatic N) is 2. The molecule has 96 valence electrons. The summed E-state index contributed by atoms with van der Waals surface area (Å²) in [4.78, 5) is 16.3. The molecular weight excluding hydrogens is 214 g/mol. The summed E-state index contributed by atoms with van der Waals surface area (Å²) in [7, 11) is 0. The van der Waals surface area contributed by atoms with Gasteiger partial charge in [-0.15, -0.1) is 0 Å². The lowest BCUT2D eigenvalue weighted by molar-refractivity contribution is -0.130. The van der Waals surface area contributed by atoms with Gasteiger partial charge in [0.05, 0.1) is 0 Å². The number of carbonyl (C=O) groups excluding carboxylic acids is 1. The summed E-state index contributed by atoms with van der Waals surface area (Å²) in [6, 6.07) is 0.526. The molecule has 1 amide bonds. The maximum Gasteiger partial charge on any atom is 0.222 e. The van der Waals surface area contributed by atoms with Crippen LogP contribution in [0.5, 0.6) is 0 Å². The Kier molecular flexibility index (Phi) is 3.34. The smallest absolute Gasteiger partial charge is 0.222 e. The zero-order valence-corrected chi connectivity index (χ0v) is 10.5. The van der Waals surface area contributed by atoms with Gasteiger partial charge in [0.15, 0.2) is 0 Å². The van der Waals surface area contributed by atoms with Gasteiger partial charge in [0.2, 0.25) is 5.91 Å².